The molecule has 4 nitrogen and oxygen atoms in total. The Bertz CT molecular complexity index is 455. The van der Waals surface area contributed by atoms with Crippen LogP contribution in [0.1, 0.15) is 13.8 Å². The monoisotopic (exact) mass is 322 g/mol. The third-order valence-electron chi connectivity index (χ3n) is 2.22. The van der Waals surface area contributed by atoms with Gasteiger partial charge in [-0.2, -0.15) is 4.39 Å². The minimum Gasteiger partial charge on any atom is -0.477 e. The third kappa shape index (κ3) is 3.39. The van der Waals surface area contributed by atoms with Crippen LogP contribution < -0.4 is 16.0 Å². The molecule has 0 radical (unpaired) electrons. The van der Waals surface area contributed by atoms with Gasteiger partial charge in [0.1, 0.15) is 0 Å². The number of carbonyl (C=O) groups excluding carboxylic acids is 1. The number of amides is 1. The lowest BCUT2D eigenvalue weighted by atomic mass is 10.1. The van der Waals surface area contributed by atoms with E-state index in [0.29, 0.717) is 4.47 Å². The highest BCUT2D eigenvalue weighted by Crippen LogP contribution is 2.27. The van der Waals surface area contributed by atoms with E-state index in [-0.39, 0.29) is 11.7 Å². The lowest BCUT2D eigenvalue weighted by molar-refractivity contribution is -0.130. The van der Waals surface area contributed by atoms with Crippen LogP contribution >= 0.6 is 15.9 Å². The van der Waals surface area contributed by atoms with Crippen molar-refractivity contribution in [3.63, 3.8) is 0 Å². The Morgan fingerprint density at radius 3 is 2.56 bits per heavy atom. The normalized spacial score (nSPS) is 12.4. The fourth-order valence-electron chi connectivity index (χ4n) is 1.33. The molecule has 7 heteroatoms. The molecule has 0 aromatic heterocycles. The molecule has 1 aromatic rings. The summed E-state index contributed by atoms with van der Waals surface area (Å²) in [5, 5.41) is 0. The topological polar surface area (TPSA) is 64.3 Å². The van der Waals surface area contributed by atoms with Crippen molar-refractivity contribution in [1.29, 1.82) is 0 Å². The number of rotatable bonds is 4. The van der Waals surface area contributed by atoms with E-state index in [1.54, 1.807) is 13.8 Å². The Balaban J connectivity index is 3.04. The van der Waals surface area contributed by atoms with Gasteiger partial charge in [-0.15, -0.1) is 0 Å². The van der Waals surface area contributed by atoms with Crippen LogP contribution in [0.15, 0.2) is 16.6 Å². The van der Waals surface area contributed by atoms with Crippen LogP contribution in [-0.4, -0.2) is 12.0 Å². The summed E-state index contributed by atoms with van der Waals surface area (Å²) in [5.41, 5.74) is 1.92. The molecule has 3 N–H and O–H groups in total. The van der Waals surface area contributed by atoms with E-state index in [0.717, 1.165) is 6.07 Å². The van der Waals surface area contributed by atoms with Crippen molar-refractivity contribution in [1.82, 2.24) is 5.43 Å². The molecular weight excluding hydrogens is 310 g/mol. The average molecular weight is 323 g/mol. The first kappa shape index (κ1) is 14.8. The number of carbonyl (C=O) groups is 1. The molecule has 1 rings (SSSR count). The summed E-state index contributed by atoms with van der Waals surface area (Å²) in [7, 11) is 0. The summed E-state index contributed by atoms with van der Waals surface area (Å²) in [6.07, 6.45) is -1.00. The smallest absolute Gasteiger partial charge is 0.275 e. The summed E-state index contributed by atoms with van der Waals surface area (Å²) >= 11 is 3.02. The van der Waals surface area contributed by atoms with Crippen molar-refractivity contribution in [3.8, 4) is 5.75 Å². The van der Waals surface area contributed by atoms with Crippen LogP contribution in [0.25, 0.3) is 0 Å². The second-order valence-electron chi connectivity index (χ2n) is 3.99. The summed E-state index contributed by atoms with van der Waals surface area (Å²) in [6, 6.07) is 2.22. The SMILES string of the molecule is CC(C)C(Oc1cc(Br)cc(F)c1F)C(=O)NN. The highest BCUT2D eigenvalue weighted by molar-refractivity contribution is 9.10. The molecule has 0 saturated heterocycles. The van der Waals surface area contributed by atoms with Crippen LogP contribution in [0, 0.1) is 17.6 Å². The van der Waals surface area contributed by atoms with Crippen LogP contribution in [0.5, 0.6) is 5.75 Å². The molecule has 1 unspecified atom stereocenters. The number of nitrogens with two attached hydrogens (primary N) is 1. The Morgan fingerprint density at radius 2 is 2.06 bits per heavy atom. The van der Waals surface area contributed by atoms with E-state index in [4.69, 9.17) is 10.6 Å². The zero-order valence-electron chi connectivity index (χ0n) is 9.84. The van der Waals surface area contributed by atoms with E-state index < -0.39 is 23.6 Å². The Hall–Kier alpha value is -1.21. The molecule has 100 valence electrons. The van der Waals surface area contributed by atoms with Gasteiger partial charge in [-0.05, 0) is 18.1 Å². The molecule has 0 fully saturated rings. The molecule has 0 heterocycles. The highest BCUT2D eigenvalue weighted by Gasteiger charge is 2.25. The molecule has 0 bridgehead atoms. The van der Waals surface area contributed by atoms with E-state index in [9.17, 15) is 13.6 Å². The van der Waals surface area contributed by atoms with Crippen LogP contribution in [0.2, 0.25) is 0 Å². The second kappa shape index (κ2) is 6.10. The first-order valence-corrected chi connectivity index (χ1v) is 5.97. The van der Waals surface area contributed by atoms with Crippen molar-refractivity contribution in [2.24, 2.45) is 11.8 Å². The molecule has 1 atom stereocenters. The van der Waals surface area contributed by atoms with Crippen molar-refractivity contribution in [2.45, 2.75) is 20.0 Å². The van der Waals surface area contributed by atoms with Gasteiger partial charge < -0.3 is 4.74 Å². The zero-order valence-corrected chi connectivity index (χ0v) is 11.4. The van der Waals surface area contributed by atoms with Gasteiger partial charge >= 0.3 is 0 Å². The zero-order chi connectivity index (χ0) is 13.9. The van der Waals surface area contributed by atoms with E-state index >= 15 is 0 Å². The number of benzene rings is 1. The van der Waals surface area contributed by atoms with Crippen LogP contribution in [-0.2, 0) is 4.79 Å². The number of halogens is 3. The molecule has 1 aromatic carbocycles. The van der Waals surface area contributed by atoms with Crippen molar-refractivity contribution in [2.75, 3.05) is 0 Å². The maximum Gasteiger partial charge on any atom is 0.275 e. The van der Waals surface area contributed by atoms with Crippen molar-refractivity contribution < 1.29 is 18.3 Å². The van der Waals surface area contributed by atoms with Gasteiger partial charge in [-0.25, -0.2) is 10.2 Å². The number of ether oxygens (including phenoxy) is 1. The maximum atomic E-state index is 13.5. The number of hydrazine groups is 1. The fourth-order valence-corrected chi connectivity index (χ4v) is 1.74. The molecule has 0 aliphatic carbocycles. The predicted molar refractivity (Wildman–Crippen MR) is 65.6 cm³/mol. The highest BCUT2D eigenvalue weighted by atomic mass is 79.9. The van der Waals surface area contributed by atoms with Gasteiger partial charge in [0.2, 0.25) is 5.82 Å². The maximum absolute atomic E-state index is 13.5. The second-order valence-corrected chi connectivity index (χ2v) is 4.91. The van der Waals surface area contributed by atoms with Crippen molar-refractivity contribution in [3.05, 3.63) is 28.2 Å². The van der Waals surface area contributed by atoms with Gasteiger partial charge in [0.15, 0.2) is 17.7 Å². The van der Waals surface area contributed by atoms with E-state index in [1.807, 2.05) is 5.43 Å². The summed E-state index contributed by atoms with van der Waals surface area (Å²) in [6.45, 7) is 3.40. The quantitative estimate of drug-likeness (QED) is 0.386. The lowest BCUT2D eigenvalue weighted by Crippen LogP contribution is -2.45. The lowest BCUT2D eigenvalue weighted by Gasteiger charge is -2.21. The Kier molecular flexibility index (Phi) is 5.03. The number of hydrogen-bond donors (Lipinski definition) is 2. The standard InChI is InChI=1S/C11H13BrF2N2O2/c1-5(2)10(11(17)16-15)18-8-4-6(12)3-7(13)9(8)14/h3-5,10H,15H2,1-2H3,(H,16,17). The molecular formula is C11H13BrF2N2O2. The fraction of sp³-hybridized carbons (Fsp3) is 0.364. The van der Waals surface area contributed by atoms with Crippen LogP contribution in [0.4, 0.5) is 8.78 Å². The van der Waals surface area contributed by atoms with Gasteiger partial charge in [0, 0.05) is 4.47 Å². The van der Waals surface area contributed by atoms with Gasteiger partial charge in [-0.1, -0.05) is 29.8 Å². The molecule has 0 aliphatic rings. The van der Waals surface area contributed by atoms with E-state index in [1.165, 1.54) is 6.07 Å². The summed E-state index contributed by atoms with van der Waals surface area (Å²) in [5.74, 6) is 1.60. The van der Waals surface area contributed by atoms with E-state index in [2.05, 4.69) is 15.9 Å². The molecule has 1 amide bonds. The summed E-state index contributed by atoms with van der Waals surface area (Å²) < 4.78 is 32.1. The first-order chi connectivity index (χ1) is 8.36. The van der Waals surface area contributed by atoms with Crippen molar-refractivity contribution >= 4 is 21.8 Å². The van der Waals surface area contributed by atoms with Crippen LogP contribution in [0.3, 0.4) is 0 Å². The molecule has 18 heavy (non-hydrogen) atoms. The number of hydrogen-bond acceptors (Lipinski definition) is 3. The van der Waals surface area contributed by atoms with Gasteiger partial charge in [0.25, 0.3) is 5.91 Å². The molecule has 0 aliphatic heterocycles. The molecule has 0 spiro atoms. The van der Waals surface area contributed by atoms with Gasteiger partial charge in [0.05, 0.1) is 0 Å². The first-order valence-electron chi connectivity index (χ1n) is 5.18. The largest absolute Gasteiger partial charge is 0.477 e. The minimum absolute atomic E-state index is 0.255. The summed E-state index contributed by atoms with van der Waals surface area (Å²) in [4.78, 5) is 11.4. The Labute approximate surface area is 112 Å². The minimum atomic E-state index is -1.14. The molecule has 0 saturated carbocycles. The third-order valence-corrected chi connectivity index (χ3v) is 2.68. The Morgan fingerprint density at radius 1 is 1.44 bits per heavy atom. The average Bonchev–Trinajstić information content (AvgIpc) is 2.30. The number of nitrogens with one attached hydrogen (secondary N) is 1. The van der Waals surface area contributed by atoms with Gasteiger partial charge in [-0.3, -0.25) is 10.2 Å². The predicted octanol–water partition coefficient (Wildman–Crippen LogP) is 2.12.